The Morgan fingerprint density at radius 3 is 2.32 bits per heavy atom. The van der Waals surface area contributed by atoms with E-state index in [2.05, 4.69) is 19.1 Å². The van der Waals surface area contributed by atoms with Gasteiger partial charge in [0.05, 0.1) is 13.3 Å². The fourth-order valence-electron chi connectivity index (χ4n) is 4.97. The van der Waals surface area contributed by atoms with Gasteiger partial charge >= 0.3 is 0 Å². The van der Waals surface area contributed by atoms with E-state index in [0.717, 1.165) is 44.9 Å². The Labute approximate surface area is 206 Å². The summed E-state index contributed by atoms with van der Waals surface area (Å²) in [6.07, 6.45) is 22.8. The summed E-state index contributed by atoms with van der Waals surface area (Å²) in [5.41, 5.74) is 0.473. The molecule has 0 radical (unpaired) electrons. The van der Waals surface area contributed by atoms with Crippen LogP contribution in [0.15, 0.2) is 24.3 Å². The second-order valence-electron chi connectivity index (χ2n) is 10.1. The second kappa shape index (κ2) is 17.9. The van der Waals surface area contributed by atoms with Gasteiger partial charge in [0.1, 0.15) is 0 Å². The molecule has 0 unspecified atom stereocenters. The molecule has 1 nitrogen and oxygen atoms in total. The standard InChI is InChI=1S/C30H47F3O/c1-2-3-4-10-13-24-34-28-22-21-27(29(32)30(28)33)20-19-26-17-15-25(16-18-26)14-11-8-6-5-7-9-12-23-31/h11,14,21-22,25-26H,2-10,12-13,15-20,23-24H2,1H3/b14-11-. The maximum atomic E-state index is 14.6. The van der Waals surface area contributed by atoms with Crippen LogP contribution in [0.1, 0.15) is 115 Å². The molecule has 1 aromatic carbocycles. The zero-order valence-electron chi connectivity index (χ0n) is 21.4. The first kappa shape index (κ1) is 28.8. The van der Waals surface area contributed by atoms with Gasteiger partial charge in [-0.2, -0.15) is 4.39 Å². The van der Waals surface area contributed by atoms with Crippen molar-refractivity contribution in [3.63, 3.8) is 0 Å². The normalized spacial score (nSPS) is 18.6. The summed E-state index contributed by atoms with van der Waals surface area (Å²) < 4.78 is 46.6. The lowest BCUT2D eigenvalue weighted by Gasteiger charge is -2.27. The minimum absolute atomic E-state index is 0.0452. The van der Waals surface area contributed by atoms with Crippen molar-refractivity contribution >= 4 is 0 Å². The lowest BCUT2D eigenvalue weighted by atomic mass is 9.79. The fourth-order valence-corrected chi connectivity index (χ4v) is 4.97. The van der Waals surface area contributed by atoms with Crippen molar-refractivity contribution in [1.82, 2.24) is 0 Å². The van der Waals surface area contributed by atoms with E-state index in [-0.39, 0.29) is 12.4 Å². The van der Waals surface area contributed by atoms with E-state index in [1.165, 1.54) is 51.4 Å². The Hall–Kier alpha value is -1.45. The largest absolute Gasteiger partial charge is 0.490 e. The Bertz CT molecular complexity index is 680. The number of aryl methyl sites for hydroxylation is 1. The third-order valence-electron chi connectivity index (χ3n) is 7.26. The van der Waals surface area contributed by atoms with Crippen LogP contribution in [-0.2, 0) is 6.42 Å². The maximum Gasteiger partial charge on any atom is 0.200 e. The van der Waals surface area contributed by atoms with Crippen LogP contribution in [-0.4, -0.2) is 13.3 Å². The van der Waals surface area contributed by atoms with Gasteiger partial charge in [0, 0.05) is 0 Å². The maximum absolute atomic E-state index is 14.6. The number of ether oxygens (including phenoxy) is 1. The zero-order valence-corrected chi connectivity index (χ0v) is 21.4. The molecule has 34 heavy (non-hydrogen) atoms. The van der Waals surface area contributed by atoms with Crippen LogP contribution in [0.4, 0.5) is 13.2 Å². The molecule has 1 aromatic rings. The highest BCUT2D eigenvalue weighted by Crippen LogP contribution is 2.33. The van der Waals surface area contributed by atoms with Gasteiger partial charge in [-0.25, -0.2) is 4.39 Å². The van der Waals surface area contributed by atoms with Crippen LogP contribution in [0, 0.1) is 23.5 Å². The number of allylic oxidation sites excluding steroid dienone is 2. The average Bonchev–Trinajstić information content (AvgIpc) is 2.85. The van der Waals surface area contributed by atoms with Gasteiger partial charge in [-0.3, -0.25) is 4.39 Å². The van der Waals surface area contributed by atoms with Gasteiger partial charge in [0.25, 0.3) is 0 Å². The molecule has 0 spiro atoms. The van der Waals surface area contributed by atoms with E-state index >= 15 is 0 Å². The first-order valence-electron chi connectivity index (χ1n) is 14.0. The summed E-state index contributed by atoms with van der Waals surface area (Å²) in [6.45, 7) is 2.43. The summed E-state index contributed by atoms with van der Waals surface area (Å²) in [4.78, 5) is 0. The van der Waals surface area contributed by atoms with E-state index in [1.807, 2.05) is 0 Å². The van der Waals surface area contributed by atoms with Crippen molar-refractivity contribution in [2.45, 2.75) is 116 Å². The third-order valence-corrected chi connectivity index (χ3v) is 7.26. The Balaban J connectivity index is 1.63. The molecule has 194 valence electrons. The van der Waals surface area contributed by atoms with E-state index in [9.17, 15) is 13.2 Å². The van der Waals surface area contributed by atoms with Crippen LogP contribution < -0.4 is 4.74 Å². The first-order chi connectivity index (χ1) is 16.7. The summed E-state index contributed by atoms with van der Waals surface area (Å²) in [5, 5.41) is 0. The molecular formula is C30H47F3O. The SMILES string of the molecule is CCCCCCCOc1ccc(CCC2CCC(/C=C\CCCCCCCF)CC2)c(F)c1F. The molecule has 0 aliphatic heterocycles. The number of rotatable bonds is 18. The van der Waals surface area contributed by atoms with Crippen molar-refractivity contribution in [1.29, 1.82) is 0 Å². The quantitative estimate of drug-likeness (QED) is 0.150. The minimum atomic E-state index is -0.831. The molecule has 2 rings (SSSR count). The second-order valence-corrected chi connectivity index (χ2v) is 10.1. The number of hydrogen-bond acceptors (Lipinski definition) is 1. The molecular weight excluding hydrogens is 433 g/mol. The van der Waals surface area contributed by atoms with Crippen LogP contribution in [0.3, 0.4) is 0 Å². The van der Waals surface area contributed by atoms with E-state index in [0.29, 0.717) is 36.8 Å². The number of benzene rings is 1. The average molecular weight is 481 g/mol. The van der Waals surface area contributed by atoms with Crippen molar-refractivity contribution < 1.29 is 17.9 Å². The topological polar surface area (TPSA) is 9.23 Å². The Morgan fingerprint density at radius 2 is 1.56 bits per heavy atom. The van der Waals surface area contributed by atoms with Gasteiger partial charge < -0.3 is 4.74 Å². The van der Waals surface area contributed by atoms with Crippen molar-refractivity contribution in [2.75, 3.05) is 13.3 Å². The van der Waals surface area contributed by atoms with E-state index in [1.54, 1.807) is 12.1 Å². The minimum Gasteiger partial charge on any atom is -0.490 e. The zero-order chi connectivity index (χ0) is 24.4. The van der Waals surface area contributed by atoms with Crippen molar-refractivity contribution in [3.05, 3.63) is 41.5 Å². The Kier molecular flexibility index (Phi) is 15.2. The van der Waals surface area contributed by atoms with E-state index < -0.39 is 11.6 Å². The van der Waals surface area contributed by atoms with Crippen molar-refractivity contribution in [3.8, 4) is 5.75 Å². The molecule has 1 aliphatic carbocycles. The molecule has 1 aliphatic rings. The van der Waals surface area contributed by atoms with Crippen molar-refractivity contribution in [2.24, 2.45) is 11.8 Å². The number of hydrogen-bond donors (Lipinski definition) is 0. The molecule has 0 N–H and O–H groups in total. The number of halogens is 3. The van der Waals surface area contributed by atoms with Gasteiger partial charge in [0.15, 0.2) is 11.6 Å². The molecule has 4 heteroatoms. The first-order valence-corrected chi connectivity index (χ1v) is 14.0. The summed E-state index contributed by atoms with van der Waals surface area (Å²) in [5.74, 6) is -0.257. The molecule has 1 fully saturated rings. The Morgan fingerprint density at radius 1 is 0.853 bits per heavy atom. The van der Waals surface area contributed by atoms with Gasteiger partial charge in [-0.1, -0.05) is 70.1 Å². The van der Waals surface area contributed by atoms with E-state index in [4.69, 9.17) is 4.74 Å². The molecule has 0 aromatic heterocycles. The summed E-state index contributed by atoms with van der Waals surface area (Å²) in [6, 6.07) is 3.30. The van der Waals surface area contributed by atoms with Gasteiger partial charge in [0.2, 0.25) is 5.82 Å². The summed E-state index contributed by atoms with van der Waals surface area (Å²) in [7, 11) is 0. The molecule has 0 saturated heterocycles. The molecule has 1 saturated carbocycles. The lowest BCUT2D eigenvalue weighted by Crippen LogP contribution is -2.14. The van der Waals surface area contributed by atoms with Crippen LogP contribution >= 0.6 is 0 Å². The summed E-state index contributed by atoms with van der Waals surface area (Å²) >= 11 is 0. The predicted molar refractivity (Wildman–Crippen MR) is 137 cm³/mol. The van der Waals surface area contributed by atoms with Gasteiger partial charge in [-0.05, 0) is 87.7 Å². The highest BCUT2D eigenvalue weighted by atomic mass is 19.2. The highest BCUT2D eigenvalue weighted by molar-refractivity contribution is 5.31. The van der Waals surface area contributed by atoms with Crippen LogP contribution in [0.25, 0.3) is 0 Å². The number of alkyl halides is 1. The predicted octanol–water partition coefficient (Wildman–Crippen LogP) is 9.92. The molecule has 0 bridgehead atoms. The monoisotopic (exact) mass is 480 g/mol. The van der Waals surface area contributed by atoms with Crippen LogP contribution in [0.2, 0.25) is 0 Å². The fraction of sp³-hybridized carbons (Fsp3) is 0.733. The smallest absolute Gasteiger partial charge is 0.200 e. The number of unbranched alkanes of at least 4 members (excludes halogenated alkanes) is 9. The molecule has 0 heterocycles. The molecule has 0 atom stereocenters. The van der Waals surface area contributed by atoms with Gasteiger partial charge in [-0.15, -0.1) is 0 Å². The lowest BCUT2D eigenvalue weighted by molar-refractivity contribution is 0.282. The molecule has 0 amide bonds. The highest BCUT2D eigenvalue weighted by Gasteiger charge is 2.21. The van der Waals surface area contributed by atoms with Crippen LogP contribution in [0.5, 0.6) is 5.75 Å². The third kappa shape index (κ3) is 11.3.